The highest BCUT2D eigenvalue weighted by atomic mass is 16.5. The van der Waals surface area contributed by atoms with E-state index in [-0.39, 0.29) is 5.41 Å². The van der Waals surface area contributed by atoms with E-state index in [1.54, 1.807) is 14.2 Å². The fraction of sp³-hybridized carbons (Fsp3) is 0.562. The molecule has 0 spiro atoms. The second-order valence-corrected chi connectivity index (χ2v) is 5.45. The zero-order valence-electron chi connectivity index (χ0n) is 12.8. The second kappa shape index (κ2) is 7.64. The number of methoxy groups -OCH3 is 2. The summed E-state index contributed by atoms with van der Waals surface area (Å²) in [5.41, 5.74) is 0.741. The maximum Gasteiger partial charge on any atom is 0.145 e. The van der Waals surface area contributed by atoms with Crippen molar-refractivity contribution in [3.8, 4) is 17.6 Å². The van der Waals surface area contributed by atoms with Gasteiger partial charge in [-0.2, -0.15) is 5.26 Å². The monoisotopic (exact) mass is 276 g/mol. The zero-order valence-corrected chi connectivity index (χ0v) is 12.8. The average molecular weight is 276 g/mol. The highest BCUT2D eigenvalue weighted by Gasteiger charge is 2.15. The van der Waals surface area contributed by atoms with E-state index in [4.69, 9.17) is 14.7 Å². The van der Waals surface area contributed by atoms with Gasteiger partial charge in [-0.05, 0) is 38.8 Å². The maximum atomic E-state index is 8.95. The second-order valence-electron chi connectivity index (χ2n) is 5.45. The smallest absolute Gasteiger partial charge is 0.145 e. The van der Waals surface area contributed by atoms with Gasteiger partial charge in [-0.15, -0.1) is 0 Å². The van der Waals surface area contributed by atoms with E-state index in [1.807, 2.05) is 32.0 Å². The number of hydrogen-bond donors (Lipinski definition) is 1. The van der Waals surface area contributed by atoms with Gasteiger partial charge in [-0.3, -0.25) is 0 Å². The van der Waals surface area contributed by atoms with Gasteiger partial charge in [0.2, 0.25) is 0 Å². The molecule has 20 heavy (non-hydrogen) atoms. The number of anilines is 1. The Kier molecular flexibility index (Phi) is 6.17. The lowest BCUT2D eigenvalue weighted by molar-refractivity contribution is 0.395. The molecule has 0 radical (unpaired) electrons. The Morgan fingerprint density at radius 2 is 1.95 bits per heavy atom. The van der Waals surface area contributed by atoms with Crippen LogP contribution in [0, 0.1) is 16.7 Å². The molecule has 0 saturated carbocycles. The number of ether oxygens (including phenoxy) is 2. The maximum absolute atomic E-state index is 8.95. The van der Waals surface area contributed by atoms with Gasteiger partial charge in [0.05, 0.1) is 31.4 Å². The van der Waals surface area contributed by atoms with E-state index in [0.29, 0.717) is 0 Å². The minimum Gasteiger partial charge on any atom is -0.497 e. The predicted molar refractivity (Wildman–Crippen MR) is 81.3 cm³/mol. The third-order valence-corrected chi connectivity index (χ3v) is 3.26. The van der Waals surface area contributed by atoms with Gasteiger partial charge in [-0.25, -0.2) is 0 Å². The summed E-state index contributed by atoms with van der Waals surface area (Å²) in [6, 6.07) is 8.05. The Bertz CT molecular complexity index is 464. The third-order valence-electron chi connectivity index (χ3n) is 3.26. The molecule has 0 atom stereocenters. The van der Waals surface area contributed by atoms with Crippen LogP contribution in [0.2, 0.25) is 0 Å². The molecule has 110 valence electrons. The van der Waals surface area contributed by atoms with Gasteiger partial charge >= 0.3 is 0 Å². The molecule has 4 heteroatoms. The molecule has 1 rings (SSSR count). The first-order valence-electron chi connectivity index (χ1n) is 6.89. The van der Waals surface area contributed by atoms with Crippen LogP contribution in [-0.2, 0) is 0 Å². The first-order valence-corrected chi connectivity index (χ1v) is 6.89. The van der Waals surface area contributed by atoms with Gasteiger partial charge in [0.1, 0.15) is 11.5 Å². The van der Waals surface area contributed by atoms with E-state index in [2.05, 4.69) is 11.4 Å². The van der Waals surface area contributed by atoms with Crippen LogP contribution < -0.4 is 14.8 Å². The molecule has 0 aromatic heterocycles. The van der Waals surface area contributed by atoms with Crippen molar-refractivity contribution in [2.45, 2.75) is 33.1 Å². The van der Waals surface area contributed by atoms with Crippen molar-refractivity contribution < 1.29 is 9.47 Å². The van der Waals surface area contributed by atoms with Gasteiger partial charge in [0.25, 0.3) is 0 Å². The standard InChI is InChI=1S/C16H24N2O2/c1-16(2,12-17)9-5-6-10-18-14-8-7-13(19-3)11-15(14)20-4/h7-8,11,18H,5-6,9-10H2,1-4H3. The molecule has 0 saturated heterocycles. The molecule has 1 N–H and O–H groups in total. The van der Waals surface area contributed by atoms with Crippen LogP contribution in [0.15, 0.2) is 18.2 Å². The summed E-state index contributed by atoms with van der Waals surface area (Å²) in [4.78, 5) is 0. The largest absolute Gasteiger partial charge is 0.497 e. The highest BCUT2D eigenvalue weighted by Crippen LogP contribution is 2.29. The minimum atomic E-state index is -0.224. The fourth-order valence-electron chi connectivity index (χ4n) is 1.92. The minimum absolute atomic E-state index is 0.224. The fourth-order valence-corrected chi connectivity index (χ4v) is 1.92. The molecule has 1 aromatic carbocycles. The Balaban J connectivity index is 2.41. The summed E-state index contributed by atoms with van der Waals surface area (Å²) >= 11 is 0. The lowest BCUT2D eigenvalue weighted by Gasteiger charge is -2.15. The molecule has 0 aliphatic heterocycles. The van der Waals surface area contributed by atoms with Crippen molar-refractivity contribution in [3.05, 3.63) is 18.2 Å². The number of nitrogens with zero attached hydrogens (tertiary/aromatic N) is 1. The van der Waals surface area contributed by atoms with Crippen LogP contribution >= 0.6 is 0 Å². The van der Waals surface area contributed by atoms with E-state index < -0.39 is 0 Å². The molecular formula is C16H24N2O2. The number of nitriles is 1. The number of nitrogens with one attached hydrogen (secondary N) is 1. The molecular weight excluding hydrogens is 252 g/mol. The number of unbranched alkanes of at least 4 members (excludes halogenated alkanes) is 1. The Labute approximate surface area is 121 Å². The van der Waals surface area contributed by atoms with Crippen LogP contribution in [0.3, 0.4) is 0 Å². The summed E-state index contributed by atoms with van der Waals surface area (Å²) in [5.74, 6) is 1.56. The van der Waals surface area contributed by atoms with Crippen molar-refractivity contribution >= 4 is 5.69 Å². The van der Waals surface area contributed by atoms with E-state index in [0.717, 1.165) is 43.0 Å². The summed E-state index contributed by atoms with van der Waals surface area (Å²) < 4.78 is 10.5. The van der Waals surface area contributed by atoms with Crippen LogP contribution in [0.5, 0.6) is 11.5 Å². The van der Waals surface area contributed by atoms with Crippen molar-refractivity contribution in [2.75, 3.05) is 26.1 Å². The molecule has 0 aliphatic carbocycles. The summed E-state index contributed by atoms with van der Waals surface area (Å²) in [6.07, 6.45) is 2.98. The van der Waals surface area contributed by atoms with E-state index in [1.165, 1.54) is 0 Å². The van der Waals surface area contributed by atoms with Gasteiger partial charge in [0.15, 0.2) is 0 Å². The molecule has 0 fully saturated rings. The number of benzene rings is 1. The summed E-state index contributed by atoms with van der Waals surface area (Å²) in [5, 5.41) is 12.3. The lowest BCUT2D eigenvalue weighted by Crippen LogP contribution is -2.09. The van der Waals surface area contributed by atoms with Crippen molar-refractivity contribution in [3.63, 3.8) is 0 Å². The van der Waals surface area contributed by atoms with Crippen LogP contribution in [0.1, 0.15) is 33.1 Å². The normalized spacial score (nSPS) is 10.8. The van der Waals surface area contributed by atoms with Crippen molar-refractivity contribution in [1.29, 1.82) is 5.26 Å². The van der Waals surface area contributed by atoms with E-state index in [9.17, 15) is 0 Å². The molecule has 0 aliphatic rings. The molecule has 0 heterocycles. The Morgan fingerprint density at radius 1 is 1.20 bits per heavy atom. The van der Waals surface area contributed by atoms with Crippen LogP contribution in [0.4, 0.5) is 5.69 Å². The summed E-state index contributed by atoms with van der Waals surface area (Å²) in [6.45, 7) is 4.82. The van der Waals surface area contributed by atoms with Gasteiger partial charge in [0, 0.05) is 12.6 Å². The van der Waals surface area contributed by atoms with Crippen LogP contribution in [-0.4, -0.2) is 20.8 Å². The van der Waals surface area contributed by atoms with Crippen LogP contribution in [0.25, 0.3) is 0 Å². The van der Waals surface area contributed by atoms with Gasteiger partial charge < -0.3 is 14.8 Å². The zero-order chi connectivity index (χ0) is 15.0. The molecule has 1 aromatic rings. The van der Waals surface area contributed by atoms with Crippen molar-refractivity contribution in [1.82, 2.24) is 0 Å². The molecule has 4 nitrogen and oxygen atoms in total. The summed E-state index contributed by atoms with van der Waals surface area (Å²) in [7, 11) is 3.29. The van der Waals surface area contributed by atoms with Crippen molar-refractivity contribution in [2.24, 2.45) is 5.41 Å². The Morgan fingerprint density at radius 3 is 2.55 bits per heavy atom. The quantitative estimate of drug-likeness (QED) is 0.733. The Hall–Kier alpha value is -1.89. The topological polar surface area (TPSA) is 54.3 Å². The third kappa shape index (κ3) is 5.00. The molecule has 0 unspecified atom stereocenters. The van der Waals surface area contributed by atoms with E-state index >= 15 is 0 Å². The molecule has 0 amide bonds. The predicted octanol–water partition coefficient (Wildman–Crippen LogP) is 3.84. The number of hydrogen-bond acceptors (Lipinski definition) is 4. The number of rotatable bonds is 8. The van der Waals surface area contributed by atoms with Gasteiger partial charge in [-0.1, -0.05) is 6.42 Å². The highest BCUT2D eigenvalue weighted by molar-refractivity contribution is 5.59. The average Bonchev–Trinajstić information content (AvgIpc) is 2.46. The molecule has 0 bridgehead atoms. The SMILES string of the molecule is COc1ccc(NCCCCC(C)(C)C#N)c(OC)c1. The lowest BCUT2D eigenvalue weighted by atomic mass is 9.89. The first kappa shape index (κ1) is 16.2. The first-order chi connectivity index (χ1) is 9.52.